The number of ether oxygens (including phenoxy) is 3. The first-order valence-corrected chi connectivity index (χ1v) is 14.6. The molecule has 0 aliphatic carbocycles. The molecule has 3 aromatic rings. The van der Waals surface area contributed by atoms with Crippen molar-refractivity contribution < 1.29 is 23.8 Å². The van der Waals surface area contributed by atoms with Crippen LogP contribution in [0, 0.1) is 20.8 Å². The molecule has 4 rings (SSSR count). The molecule has 1 N–H and O–H groups in total. The molecule has 0 radical (unpaired) electrons. The predicted molar refractivity (Wildman–Crippen MR) is 165 cm³/mol. The van der Waals surface area contributed by atoms with Gasteiger partial charge in [0.15, 0.2) is 0 Å². The zero-order valence-corrected chi connectivity index (χ0v) is 27.0. The third kappa shape index (κ3) is 8.98. The number of hydrogen-bond donors (Lipinski definition) is 1. The summed E-state index contributed by atoms with van der Waals surface area (Å²) >= 11 is 0. The van der Waals surface area contributed by atoms with Crippen LogP contribution in [0.1, 0.15) is 77.2 Å². The van der Waals surface area contributed by atoms with Gasteiger partial charge in [-0.1, -0.05) is 11.3 Å². The third-order valence-electron chi connectivity index (χ3n) is 6.46. The largest absolute Gasteiger partial charge is 0.444 e. The summed E-state index contributed by atoms with van der Waals surface area (Å²) in [5.74, 6) is 0.741. The number of nitrogens with one attached hydrogen (secondary N) is 1. The van der Waals surface area contributed by atoms with E-state index in [1.807, 2.05) is 48.6 Å². The summed E-state index contributed by atoms with van der Waals surface area (Å²) in [4.78, 5) is 40.1. The molecule has 2 aromatic heterocycles. The molecule has 2 amide bonds. The Morgan fingerprint density at radius 3 is 2.20 bits per heavy atom. The molecule has 0 atom stereocenters. The fraction of sp³-hybridized carbons (Fsp3) is 0.516. The Morgan fingerprint density at radius 2 is 1.59 bits per heavy atom. The first-order chi connectivity index (χ1) is 20.6. The van der Waals surface area contributed by atoms with Gasteiger partial charge >= 0.3 is 18.2 Å². The number of aliphatic imine (C=N–C) groups is 1. The zero-order chi connectivity index (χ0) is 32.2. The number of benzene rings is 1. The van der Waals surface area contributed by atoms with Crippen LogP contribution in [-0.2, 0) is 9.47 Å². The van der Waals surface area contributed by atoms with E-state index in [2.05, 4.69) is 36.7 Å². The second kappa shape index (κ2) is 13.0. The lowest BCUT2D eigenvalue weighted by Gasteiger charge is -2.34. The number of likely N-dealkylation sites (tertiary alicyclic amines) is 1. The number of aryl methyl sites for hydroxylation is 3. The van der Waals surface area contributed by atoms with Gasteiger partial charge in [-0.05, 0) is 104 Å². The van der Waals surface area contributed by atoms with E-state index >= 15 is 0 Å². The predicted octanol–water partition coefficient (Wildman–Crippen LogP) is 5.91. The van der Waals surface area contributed by atoms with Crippen LogP contribution in [0.25, 0.3) is 11.4 Å². The number of rotatable bonds is 4. The molecule has 13 heteroatoms. The maximum atomic E-state index is 12.6. The minimum atomic E-state index is -0.803. The molecule has 236 valence electrons. The van der Waals surface area contributed by atoms with Crippen LogP contribution in [0.4, 0.5) is 9.59 Å². The van der Waals surface area contributed by atoms with Gasteiger partial charge in [-0.25, -0.2) is 19.3 Å². The molecule has 13 nitrogen and oxygen atoms in total. The van der Waals surface area contributed by atoms with Crippen molar-refractivity contribution >= 4 is 18.1 Å². The Labute approximate surface area is 258 Å². The fourth-order valence-corrected chi connectivity index (χ4v) is 4.82. The Morgan fingerprint density at radius 1 is 0.955 bits per heavy atom. The summed E-state index contributed by atoms with van der Waals surface area (Å²) in [6, 6.07) is 7.96. The highest BCUT2D eigenvalue weighted by Crippen LogP contribution is 2.30. The van der Waals surface area contributed by atoms with Crippen LogP contribution in [-0.4, -0.2) is 72.3 Å². The molecule has 1 aliphatic rings. The molecule has 3 heterocycles. The number of hydrogen-bond acceptors (Lipinski definition) is 9. The first kappa shape index (κ1) is 32.4. The summed E-state index contributed by atoms with van der Waals surface area (Å²) in [6.45, 7) is 17.4. The lowest BCUT2D eigenvalue weighted by Crippen LogP contribution is -2.49. The van der Waals surface area contributed by atoms with Crippen molar-refractivity contribution in [2.75, 3.05) is 13.1 Å². The van der Waals surface area contributed by atoms with E-state index in [-0.39, 0.29) is 18.0 Å². The van der Waals surface area contributed by atoms with Crippen molar-refractivity contribution in [3.05, 3.63) is 47.3 Å². The second-order valence-corrected chi connectivity index (χ2v) is 12.9. The van der Waals surface area contributed by atoms with Gasteiger partial charge in [0.2, 0.25) is 5.96 Å². The van der Waals surface area contributed by atoms with Gasteiger partial charge in [0.05, 0.1) is 17.4 Å². The number of nitrogens with zero attached hydrogens (tertiary/aromatic N) is 7. The zero-order valence-electron chi connectivity index (χ0n) is 27.0. The fourth-order valence-electron chi connectivity index (χ4n) is 4.82. The van der Waals surface area contributed by atoms with Crippen LogP contribution in [0.15, 0.2) is 35.5 Å². The lowest BCUT2D eigenvalue weighted by atomic mass is 10.0. The average molecular weight is 607 g/mol. The van der Waals surface area contributed by atoms with E-state index in [1.54, 1.807) is 47.7 Å². The van der Waals surface area contributed by atoms with E-state index < -0.39 is 23.4 Å². The van der Waals surface area contributed by atoms with E-state index in [1.165, 1.54) is 0 Å². The van der Waals surface area contributed by atoms with Crippen LogP contribution in [0.3, 0.4) is 0 Å². The lowest BCUT2D eigenvalue weighted by molar-refractivity contribution is 0.0552. The molecular formula is C31H42N8O5. The number of guanidine groups is 1. The van der Waals surface area contributed by atoms with Crippen LogP contribution < -0.4 is 10.1 Å². The van der Waals surface area contributed by atoms with Gasteiger partial charge in [0.1, 0.15) is 22.6 Å². The number of alkyl carbamates (subject to hydrolysis) is 1. The summed E-state index contributed by atoms with van der Waals surface area (Å²) in [6.07, 6.45) is 1.41. The van der Waals surface area contributed by atoms with Gasteiger partial charge < -0.3 is 19.1 Å². The first-order valence-electron chi connectivity index (χ1n) is 14.6. The normalized spacial score (nSPS) is 14.8. The molecular weight excluding hydrogens is 564 g/mol. The van der Waals surface area contributed by atoms with Crippen molar-refractivity contribution in [1.29, 1.82) is 0 Å². The topological polar surface area (TPSA) is 146 Å². The van der Waals surface area contributed by atoms with Gasteiger partial charge in [-0.2, -0.15) is 4.98 Å². The molecule has 0 spiro atoms. The van der Waals surface area contributed by atoms with E-state index in [4.69, 9.17) is 14.2 Å². The minimum absolute atomic E-state index is 0.0227. The van der Waals surface area contributed by atoms with Crippen molar-refractivity contribution in [2.45, 2.75) is 92.4 Å². The standard InChI is InChI=1S/C31H42N8O5/c1-19-16-20(2)18-23(17-19)42-27-32-13-10-24(33-27)25-21(3)36-37-39(25)22-11-14-38(15-12-22)26(34-28(40)43-30(4,5)6)35-29(41)44-31(7,8)9/h10,13,16-18,22H,11-12,14-15H2,1-9H3,(H,34,35,40,41). The minimum Gasteiger partial charge on any atom is -0.444 e. The second-order valence-electron chi connectivity index (χ2n) is 12.9. The Bertz CT molecular complexity index is 1510. The average Bonchev–Trinajstić information content (AvgIpc) is 3.27. The number of carbonyl (C=O) groups is 2. The van der Waals surface area contributed by atoms with Crippen LogP contribution >= 0.6 is 0 Å². The third-order valence-corrected chi connectivity index (χ3v) is 6.46. The molecule has 0 saturated carbocycles. The number of aromatic nitrogens is 5. The quantitative estimate of drug-likeness (QED) is 0.281. The Kier molecular flexibility index (Phi) is 9.55. The number of piperidine rings is 1. The summed E-state index contributed by atoms with van der Waals surface area (Å²) in [5, 5.41) is 11.4. The summed E-state index contributed by atoms with van der Waals surface area (Å²) < 4.78 is 18.6. The van der Waals surface area contributed by atoms with Crippen molar-refractivity contribution in [2.24, 2.45) is 4.99 Å². The van der Waals surface area contributed by atoms with Crippen LogP contribution in [0.5, 0.6) is 11.8 Å². The number of carbonyl (C=O) groups excluding carboxylic acids is 2. The Hall–Kier alpha value is -4.55. The molecule has 1 saturated heterocycles. The molecule has 1 aromatic carbocycles. The van der Waals surface area contributed by atoms with Crippen molar-refractivity contribution in [3.63, 3.8) is 0 Å². The summed E-state index contributed by atoms with van der Waals surface area (Å²) in [7, 11) is 0. The van der Waals surface area contributed by atoms with E-state index in [0.717, 1.165) is 22.5 Å². The number of amides is 2. The van der Waals surface area contributed by atoms with Crippen molar-refractivity contribution in [1.82, 2.24) is 35.2 Å². The SMILES string of the molecule is Cc1cc(C)cc(Oc2nccc(-c3c(C)nnn3C3CCN(/C(=N\C(=O)OC(C)(C)C)NC(=O)OC(C)(C)C)CC3)n2)c1. The summed E-state index contributed by atoms with van der Waals surface area (Å²) in [5.41, 5.74) is 2.84. The molecule has 0 bridgehead atoms. The highest BCUT2D eigenvalue weighted by molar-refractivity contribution is 5.99. The van der Waals surface area contributed by atoms with Gasteiger partial charge in [0, 0.05) is 19.3 Å². The maximum Gasteiger partial charge on any atom is 0.437 e. The van der Waals surface area contributed by atoms with Crippen molar-refractivity contribution in [3.8, 4) is 23.1 Å². The highest BCUT2D eigenvalue weighted by atomic mass is 16.6. The molecule has 1 aliphatic heterocycles. The van der Waals surface area contributed by atoms with E-state index in [0.29, 0.717) is 37.4 Å². The molecule has 0 unspecified atom stereocenters. The monoisotopic (exact) mass is 606 g/mol. The van der Waals surface area contributed by atoms with Crippen LogP contribution in [0.2, 0.25) is 0 Å². The molecule has 44 heavy (non-hydrogen) atoms. The van der Waals surface area contributed by atoms with E-state index in [9.17, 15) is 9.59 Å². The maximum absolute atomic E-state index is 12.6. The Balaban J connectivity index is 1.52. The van der Waals surface area contributed by atoms with Gasteiger partial charge in [0.25, 0.3) is 0 Å². The van der Waals surface area contributed by atoms with Gasteiger partial charge in [-0.15, -0.1) is 10.1 Å². The molecule has 1 fully saturated rings. The highest BCUT2D eigenvalue weighted by Gasteiger charge is 2.30. The van der Waals surface area contributed by atoms with Gasteiger partial charge in [-0.3, -0.25) is 5.32 Å². The smallest absolute Gasteiger partial charge is 0.437 e.